The number of morpholine rings is 1. The Morgan fingerprint density at radius 2 is 1.89 bits per heavy atom. The van der Waals surface area contributed by atoms with Crippen molar-refractivity contribution in [2.75, 3.05) is 53.1 Å². The first-order valence-electron chi connectivity index (χ1n) is 12.6. The number of hydrogen-bond acceptors (Lipinski definition) is 8. The van der Waals surface area contributed by atoms with Crippen LogP contribution in [0.25, 0.3) is 0 Å². The molecule has 0 bridgehead atoms. The molecule has 0 aliphatic carbocycles. The van der Waals surface area contributed by atoms with Gasteiger partial charge in [-0.15, -0.1) is 0 Å². The van der Waals surface area contributed by atoms with Gasteiger partial charge in [0.25, 0.3) is 0 Å². The largest absolute Gasteiger partial charge is 0.496 e. The van der Waals surface area contributed by atoms with Crippen LogP contribution in [0.15, 0.2) is 53.6 Å². The van der Waals surface area contributed by atoms with E-state index in [0.717, 1.165) is 44.2 Å². The summed E-state index contributed by atoms with van der Waals surface area (Å²) in [5, 5.41) is 0.372. The average Bonchev–Trinajstić information content (AvgIpc) is 2.91. The Bertz CT molecular complexity index is 1330. The van der Waals surface area contributed by atoms with Crippen molar-refractivity contribution in [3.63, 3.8) is 0 Å². The SMILES string of the molecule is CCNS(=O)(=O)c1ccccc1Cc1nc(Cc2cc(OCCN3CCOCC3)ccc2OC)ncc1Cl. The molecule has 2 aromatic carbocycles. The molecule has 1 aliphatic heterocycles. The number of rotatable bonds is 12. The van der Waals surface area contributed by atoms with Gasteiger partial charge in [-0.2, -0.15) is 0 Å². The van der Waals surface area contributed by atoms with Gasteiger partial charge in [0.2, 0.25) is 10.0 Å². The van der Waals surface area contributed by atoms with Gasteiger partial charge in [0.05, 0.1) is 35.9 Å². The van der Waals surface area contributed by atoms with E-state index < -0.39 is 10.0 Å². The minimum absolute atomic E-state index is 0.210. The minimum atomic E-state index is -3.64. The van der Waals surface area contributed by atoms with E-state index >= 15 is 0 Å². The molecule has 3 aromatic rings. The number of nitrogens with zero attached hydrogens (tertiary/aromatic N) is 3. The van der Waals surface area contributed by atoms with Crippen molar-refractivity contribution in [2.24, 2.45) is 0 Å². The second-order valence-corrected chi connectivity index (χ2v) is 11.0. The van der Waals surface area contributed by atoms with Crippen molar-refractivity contribution in [2.45, 2.75) is 24.7 Å². The standard InChI is InChI=1S/C27H33ClN4O5S/c1-3-30-38(33,34)26-7-5-4-6-20(26)17-24-23(28)19-29-27(31-24)18-21-16-22(8-9-25(21)35-2)37-15-12-32-10-13-36-14-11-32/h4-9,16,19,30H,3,10-15,17-18H2,1-2H3. The summed E-state index contributed by atoms with van der Waals surface area (Å²) in [5.74, 6) is 1.98. The van der Waals surface area contributed by atoms with E-state index in [9.17, 15) is 8.42 Å². The van der Waals surface area contributed by atoms with E-state index in [1.807, 2.05) is 18.2 Å². The number of methoxy groups -OCH3 is 1. The molecule has 0 atom stereocenters. The Hall–Kier alpha value is -2.76. The van der Waals surface area contributed by atoms with Gasteiger partial charge < -0.3 is 14.2 Å². The molecule has 1 saturated heterocycles. The van der Waals surface area contributed by atoms with E-state index in [2.05, 4.69) is 19.6 Å². The molecule has 0 saturated carbocycles. The summed E-state index contributed by atoms with van der Waals surface area (Å²) in [7, 11) is -2.02. The number of ether oxygens (including phenoxy) is 3. The molecule has 38 heavy (non-hydrogen) atoms. The Labute approximate surface area is 229 Å². The maximum atomic E-state index is 12.7. The summed E-state index contributed by atoms with van der Waals surface area (Å²) < 4.78 is 44.9. The second kappa shape index (κ2) is 13.3. The van der Waals surface area contributed by atoms with Crippen molar-refractivity contribution >= 4 is 21.6 Å². The summed E-state index contributed by atoms with van der Waals surface area (Å²) in [6.45, 7) is 6.79. The van der Waals surface area contributed by atoms with E-state index in [1.165, 1.54) is 0 Å². The van der Waals surface area contributed by atoms with E-state index in [4.69, 9.17) is 25.8 Å². The van der Waals surface area contributed by atoms with Crippen LogP contribution in [0.2, 0.25) is 5.02 Å². The van der Waals surface area contributed by atoms with Crippen LogP contribution in [-0.2, 0) is 27.6 Å². The fraction of sp³-hybridized carbons (Fsp3) is 0.407. The van der Waals surface area contributed by atoms with Crippen molar-refractivity contribution < 1.29 is 22.6 Å². The highest BCUT2D eigenvalue weighted by Gasteiger charge is 2.19. The fourth-order valence-corrected chi connectivity index (χ4v) is 5.72. The highest BCUT2D eigenvalue weighted by atomic mass is 35.5. The fourth-order valence-electron chi connectivity index (χ4n) is 4.28. The number of sulfonamides is 1. The number of aromatic nitrogens is 2. The molecule has 4 rings (SSSR count). The highest BCUT2D eigenvalue weighted by molar-refractivity contribution is 7.89. The van der Waals surface area contributed by atoms with Crippen LogP contribution in [-0.4, -0.2) is 76.4 Å². The zero-order valence-electron chi connectivity index (χ0n) is 21.7. The first-order valence-corrected chi connectivity index (χ1v) is 14.4. The quantitative estimate of drug-likeness (QED) is 0.360. The van der Waals surface area contributed by atoms with Gasteiger partial charge >= 0.3 is 0 Å². The summed E-state index contributed by atoms with van der Waals surface area (Å²) in [6.07, 6.45) is 2.19. The number of nitrogens with one attached hydrogen (secondary N) is 1. The summed E-state index contributed by atoms with van der Waals surface area (Å²) in [4.78, 5) is 11.6. The molecule has 9 nitrogen and oxygen atoms in total. The molecular weight excluding hydrogens is 528 g/mol. The van der Waals surface area contributed by atoms with E-state index in [-0.39, 0.29) is 11.3 Å². The third kappa shape index (κ3) is 7.42. The van der Waals surface area contributed by atoms with Crippen LogP contribution < -0.4 is 14.2 Å². The number of benzene rings is 2. The van der Waals surface area contributed by atoms with Crippen molar-refractivity contribution in [3.8, 4) is 11.5 Å². The van der Waals surface area contributed by atoms with Crippen molar-refractivity contribution in [1.82, 2.24) is 19.6 Å². The number of halogens is 1. The molecule has 204 valence electrons. The molecule has 0 amide bonds. The topological polar surface area (TPSA) is 103 Å². The third-order valence-corrected chi connectivity index (χ3v) is 8.16. The molecule has 2 heterocycles. The normalized spacial score (nSPS) is 14.4. The first-order chi connectivity index (χ1) is 18.4. The van der Waals surface area contributed by atoms with Gasteiger partial charge in [0, 0.05) is 50.8 Å². The van der Waals surface area contributed by atoms with Gasteiger partial charge in [-0.3, -0.25) is 4.90 Å². The Morgan fingerprint density at radius 1 is 1.11 bits per heavy atom. The lowest BCUT2D eigenvalue weighted by molar-refractivity contribution is 0.0322. The Morgan fingerprint density at radius 3 is 2.66 bits per heavy atom. The van der Waals surface area contributed by atoms with Gasteiger partial charge in [0.1, 0.15) is 23.9 Å². The minimum Gasteiger partial charge on any atom is -0.496 e. The van der Waals surface area contributed by atoms with Crippen molar-refractivity contribution in [1.29, 1.82) is 0 Å². The summed E-state index contributed by atoms with van der Waals surface area (Å²) in [5.41, 5.74) is 2.03. The lowest BCUT2D eigenvalue weighted by Gasteiger charge is -2.26. The summed E-state index contributed by atoms with van der Waals surface area (Å²) in [6, 6.07) is 12.5. The maximum Gasteiger partial charge on any atom is 0.240 e. The van der Waals surface area contributed by atoms with Crippen LogP contribution >= 0.6 is 11.6 Å². The molecule has 0 spiro atoms. The molecule has 1 fully saturated rings. The van der Waals surface area contributed by atoms with Crippen LogP contribution in [0.5, 0.6) is 11.5 Å². The molecule has 0 unspecified atom stereocenters. The van der Waals surface area contributed by atoms with Gasteiger partial charge in [-0.25, -0.2) is 23.1 Å². The lowest BCUT2D eigenvalue weighted by Crippen LogP contribution is -2.38. The zero-order chi connectivity index (χ0) is 27.0. The monoisotopic (exact) mass is 560 g/mol. The smallest absolute Gasteiger partial charge is 0.240 e. The molecule has 0 radical (unpaired) electrons. The van der Waals surface area contributed by atoms with Gasteiger partial charge in [-0.1, -0.05) is 36.7 Å². The molecule has 1 aromatic heterocycles. The first kappa shape index (κ1) is 28.3. The van der Waals surface area contributed by atoms with Crippen LogP contribution in [0, 0.1) is 0 Å². The van der Waals surface area contributed by atoms with E-state index in [1.54, 1.807) is 44.5 Å². The maximum absolute atomic E-state index is 12.7. The zero-order valence-corrected chi connectivity index (χ0v) is 23.2. The number of hydrogen-bond donors (Lipinski definition) is 1. The van der Waals surface area contributed by atoms with Crippen LogP contribution in [0.1, 0.15) is 29.6 Å². The molecule has 1 aliphatic rings. The lowest BCUT2D eigenvalue weighted by atomic mass is 10.1. The van der Waals surface area contributed by atoms with Crippen molar-refractivity contribution in [3.05, 3.63) is 76.3 Å². The molecule has 1 N–H and O–H groups in total. The second-order valence-electron chi connectivity index (χ2n) is 8.82. The highest BCUT2D eigenvalue weighted by Crippen LogP contribution is 2.27. The third-order valence-electron chi connectivity index (χ3n) is 6.20. The molecule has 11 heteroatoms. The Kier molecular flexibility index (Phi) is 9.92. The molecular formula is C27H33ClN4O5S. The predicted octanol–water partition coefficient (Wildman–Crippen LogP) is 3.33. The predicted molar refractivity (Wildman–Crippen MR) is 146 cm³/mol. The Balaban J connectivity index is 1.50. The van der Waals surface area contributed by atoms with Gasteiger partial charge in [0.15, 0.2) is 0 Å². The summed E-state index contributed by atoms with van der Waals surface area (Å²) >= 11 is 6.44. The van der Waals surface area contributed by atoms with Crippen LogP contribution in [0.4, 0.5) is 0 Å². The van der Waals surface area contributed by atoms with E-state index in [0.29, 0.717) is 47.4 Å². The van der Waals surface area contributed by atoms with Gasteiger partial charge in [-0.05, 0) is 29.8 Å². The van der Waals surface area contributed by atoms with Crippen LogP contribution in [0.3, 0.4) is 0 Å². The average molecular weight is 561 g/mol.